The van der Waals surface area contributed by atoms with Gasteiger partial charge in [-0.2, -0.15) is 5.26 Å². The third-order valence-electron chi connectivity index (χ3n) is 2.84. The zero-order valence-corrected chi connectivity index (χ0v) is 10.8. The lowest BCUT2D eigenvalue weighted by Gasteiger charge is -2.11. The number of benzene rings is 2. The SMILES string of the molecule is N#CC(c1ccc(F)cc1)c1ccc([N+](=O)[O-])cc1Cl. The third kappa shape index (κ3) is 2.76. The van der Waals surface area contributed by atoms with Gasteiger partial charge in [0.2, 0.25) is 0 Å². The Balaban J connectivity index is 2.45. The summed E-state index contributed by atoms with van der Waals surface area (Å²) in [5, 5.41) is 20.1. The summed E-state index contributed by atoms with van der Waals surface area (Å²) in [5.41, 5.74) is 0.880. The lowest BCUT2D eigenvalue weighted by Crippen LogP contribution is -2.00. The third-order valence-corrected chi connectivity index (χ3v) is 3.17. The molecule has 2 rings (SSSR count). The van der Waals surface area contributed by atoms with Crippen molar-refractivity contribution in [1.29, 1.82) is 5.26 Å². The van der Waals surface area contributed by atoms with E-state index in [9.17, 15) is 19.8 Å². The van der Waals surface area contributed by atoms with E-state index in [4.69, 9.17) is 11.6 Å². The second-order valence-corrected chi connectivity index (χ2v) is 4.48. The smallest absolute Gasteiger partial charge is 0.258 e. The highest BCUT2D eigenvalue weighted by atomic mass is 35.5. The first-order valence-electron chi connectivity index (χ1n) is 5.62. The summed E-state index contributed by atoms with van der Waals surface area (Å²) in [7, 11) is 0. The molecule has 0 bridgehead atoms. The molecule has 0 spiro atoms. The topological polar surface area (TPSA) is 66.9 Å². The van der Waals surface area contributed by atoms with Crippen LogP contribution in [0.25, 0.3) is 0 Å². The number of nitro groups is 1. The van der Waals surface area contributed by atoms with E-state index in [0.717, 1.165) is 0 Å². The summed E-state index contributed by atoms with van der Waals surface area (Å²) in [6.45, 7) is 0. The predicted molar refractivity (Wildman–Crippen MR) is 72.0 cm³/mol. The van der Waals surface area contributed by atoms with E-state index in [1.807, 2.05) is 0 Å². The van der Waals surface area contributed by atoms with Gasteiger partial charge in [-0.15, -0.1) is 0 Å². The number of nitrogens with zero attached hydrogens (tertiary/aromatic N) is 2. The molecule has 100 valence electrons. The van der Waals surface area contributed by atoms with Crippen LogP contribution >= 0.6 is 11.6 Å². The van der Waals surface area contributed by atoms with Crippen LogP contribution in [0.2, 0.25) is 5.02 Å². The van der Waals surface area contributed by atoms with Crippen molar-refractivity contribution in [2.75, 3.05) is 0 Å². The summed E-state index contributed by atoms with van der Waals surface area (Å²) in [4.78, 5) is 10.1. The number of hydrogen-bond donors (Lipinski definition) is 0. The maximum atomic E-state index is 12.9. The molecule has 2 aromatic carbocycles. The summed E-state index contributed by atoms with van der Waals surface area (Å²) >= 11 is 6.00. The van der Waals surface area contributed by atoms with Crippen molar-refractivity contribution < 1.29 is 9.31 Å². The van der Waals surface area contributed by atoms with Crippen LogP contribution in [0.3, 0.4) is 0 Å². The van der Waals surface area contributed by atoms with Crippen LogP contribution in [0.15, 0.2) is 42.5 Å². The van der Waals surface area contributed by atoms with Crippen LogP contribution in [0.5, 0.6) is 0 Å². The van der Waals surface area contributed by atoms with Crippen LogP contribution in [0.4, 0.5) is 10.1 Å². The minimum atomic E-state index is -0.705. The van der Waals surface area contributed by atoms with E-state index in [0.29, 0.717) is 11.1 Å². The van der Waals surface area contributed by atoms with E-state index in [1.54, 1.807) is 0 Å². The van der Waals surface area contributed by atoms with Gasteiger partial charge < -0.3 is 0 Å². The van der Waals surface area contributed by atoms with Crippen molar-refractivity contribution in [3.05, 3.63) is 74.5 Å². The van der Waals surface area contributed by atoms with Crippen molar-refractivity contribution in [3.8, 4) is 6.07 Å². The van der Waals surface area contributed by atoms with Gasteiger partial charge in [0.1, 0.15) is 5.82 Å². The average molecular weight is 291 g/mol. The Morgan fingerprint density at radius 3 is 2.40 bits per heavy atom. The Morgan fingerprint density at radius 1 is 1.25 bits per heavy atom. The molecule has 4 nitrogen and oxygen atoms in total. The molecule has 2 aromatic rings. The molecule has 0 heterocycles. The molecule has 0 N–H and O–H groups in total. The Kier molecular flexibility index (Phi) is 3.97. The first-order chi connectivity index (χ1) is 9.52. The van der Waals surface area contributed by atoms with Crippen molar-refractivity contribution in [2.45, 2.75) is 5.92 Å². The number of non-ortho nitro benzene ring substituents is 1. The number of nitro benzene ring substituents is 1. The van der Waals surface area contributed by atoms with Crippen LogP contribution in [0.1, 0.15) is 17.0 Å². The minimum absolute atomic E-state index is 0.134. The Morgan fingerprint density at radius 2 is 1.90 bits per heavy atom. The summed E-state index contributed by atoms with van der Waals surface area (Å²) in [6, 6.07) is 11.5. The van der Waals surface area contributed by atoms with Crippen molar-refractivity contribution >= 4 is 17.3 Å². The minimum Gasteiger partial charge on any atom is -0.258 e. The van der Waals surface area contributed by atoms with Crippen molar-refractivity contribution in [1.82, 2.24) is 0 Å². The van der Waals surface area contributed by atoms with Crippen LogP contribution in [0, 0.1) is 27.3 Å². The first-order valence-corrected chi connectivity index (χ1v) is 5.99. The second kappa shape index (κ2) is 5.68. The standard InChI is InChI=1S/C14H8ClFN2O2/c15-14-7-11(18(19)20)5-6-12(14)13(8-17)9-1-3-10(16)4-2-9/h1-7,13H. The van der Waals surface area contributed by atoms with Gasteiger partial charge >= 0.3 is 0 Å². The molecule has 0 saturated carbocycles. The Hall–Kier alpha value is -2.45. The van der Waals surface area contributed by atoms with Gasteiger partial charge in [-0.25, -0.2) is 4.39 Å². The first kappa shape index (κ1) is 14.0. The molecule has 0 saturated heterocycles. The van der Waals surface area contributed by atoms with Crippen LogP contribution in [-0.2, 0) is 0 Å². The zero-order valence-electron chi connectivity index (χ0n) is 10.1. The molecule has 0 aliphatic rings. The van der Waals surface area contributed by atoms with Crippen molar-refractivity contribution in [3.63, 3.8) is 0 Å². The van der Waals surface area contributed by atoms with Gasteiger partial charge in [0, 0.05) is 12.1 Å². The highest BCUT2D eigenvalue weighted by Gasteiger charge is 2.19. The Labute approximate surface area is 119 Å². The van der Waals surface area contributed by atoms with Gasteiger partial charge in [0.15, 0.2) is 0 Å². The van der Waals surface area contributed by atoms with Crippen LogP contribution < -0.4 is 0 Å². The predicted octanol–water partition coefficient (Wildman–Crippen LogP) is 4.04. The molecular weight excluding hydrogens is 283 g/mol. The highest BCUT2D eigenvalue weighted by Crippen LogP contribution is 2.32. The second-order valence-electron chi connectivity index (χ2n) is 4.08. The van der Waals surface area contributed by atoms with E-state index >= 15 is 0 Å². The van der Waals surface area contributed by atoms with Gasteiger partial charge in [0.25, 0.3) is 5.69 Å². The maximum absolute atomic E-state index is 12.9. The molecule has 0 fully saturated rings. The van der Waals surface area contributed by atoms with Crippen molar-refractivity contribution in [2.24, 2.45) is 0 Å². The lowest BCUT2D eigenvalue weighted by molar-refractivity contribution is -0.384. The highest BCUT2D eigenvalue weighted by molar-refractivity contribution is 6.31. The molecule has 0 aromatic heterocycles. The fourth-order valence-electron chi connectivity index (χ4n) is 1.84. The number of halogens is 2. The summed E-state index contributed by atoms with van der Waals surface area (Å²) in [5.74, 6) is -1.11. The Bertz CT molecular complexity index is 695. The summed E-state index contributed by atoms with van der Waals surface area (Å²) < 4.78 is 12.9. The number of hydrogen-bond acceptors (Lipinski definition) is 3. The molecule has 20 heavy (non-hydrogen) atoms. The molecular formula is C14H8ClFN2O2. The molecule has 1 unspecified atom stereocenters. The van der Waals surface area contributed by atoms with E-state index in [-0.39, 0.29) is 10.7 Å². The molecule has 0 aliphatic carbocycles. The van der Waals surface area contributed by atoms with Crippen LogP contribution in [-0.4, -0.2) is 4.92 Å². The molecule has 6 heteroatoms. The maximum Gasteiger partial charge on any atom is 0.270 e. The normalized spacial score (nSPS) is 11.7. The van der Waals surface area contributed by atoms with Gasteiger partial charge in [-0.3, -0.25) is 10.1 Å². The molecule has 1 atom stereocenters. The fourth-order valence-corrected chi connectivity index (χ4v) is 2.13. The summed E-state index contributed by atoms with van der Waals surface area (Å²) in [6.07, 6.45) is 0. The number of nitriles is 1. The van der Waals surface area contributed by atoms with E-state index in [1.165, 1.54) is 42.5 Å². The lowest BCUT2D eigenvalue weighted by atomic mass is 9.92. The molecule has 0 aliphatic heterocycles. The fraction of sp³-hybridized carbons (Fsp3) is 0.0714. The average Bonchev–Trinajstić information content (AvgIpc) is 2.43. The van der Waals surface area contributed by atoms with Gasteiger partial charge in [-0.05, 0) is 29.3 Å². The molecule has 0 radical (unpaired) electrons. The monoisotopic (exact) mass is 290 g/mol. The largest absolute Gasteiger partial charge is 0.270 e. The van der Waals surface area contributed by atoms with Gasteiger partial charge in [0.05, 0.1) is 21.9 Å². The van der Waals surface area contributed by atoms with E-state index < -0.39 is 16.7 Å². The quantitative estimate of drug-likeness (QED) is 0.633. The van der Waals surface area contributed by atoms with E-state index in [2.05, 4.69) is 6.07 Å². The number of rotatable bonds is 3. The molecule has 0 amide bonds. The zero-order chi connectivity index (χ0) is 14.7. The van der Waals surface area contributed by atoms with Gasteiger partial charge in [-0.1, -0.05) is 23.7 Å².